The zero-order valence-electron chi connectivity index (χ0n) is 7.55. The molecule has 3 nitrogen and oxygen atoms in total. The molecule has 0 saturated heterocycles. The van der Waals surface area contributed by atoms with Crippen LogP contribution in [0.15, 0.2) is 12.4 Å². The molecule has 0 aliphatic carbocycles. The Morgan fingerprint density at radius 2 is 2.42 bits per heavy atom. The minimum absolute atomic E-state index is 0.820. The summed E-state index contributed by atoms with van der Waals surface area (Å²) in [5.74, 6) is 1.08. The molecule has 3 heteroatoms. The predicted octanol–water partition coefficient (Wildman–Crippen LogP) is 1.77. The van der Waals surface area contributed by atoms with Crippen molar-refractivity contribution >= 4 is 0 Å². The summed E-state index contributed by atoms with van der Waals surface area (Å²) in [6.07, 6.45) is 6.94. The summed E-state index contributed by atoms with van der Waals surface area (Å²) in [5, 5.41) is 0. The second-order valence-electron chi connectivity index (χ2n) is 2.69. The summed E-state index contributed by atoms with van der Waals surface area (Å²) in [6, 6.07) is 0. The standard InChI is InChI=1S/C9H16N2O/c1-2-12-8-4-3-5-9-10-6-7-11-9/h6-7H,2-5,8H2,1H3,(H,10,11). The van der Waals surface area contributed by atoms with E-state index in [2.05, 4.69) is 9.97 Å². The van der Waals surface area contributed by atoms with Crippen LogP contribution in [0.4, 0.5) is 0 Å². The van der Waals surface area contributed by atoms with Gasteiger partial charge in [-0.05, 0) is 19.8 Å². The number of aryl methyl sites for hydroxylation is 1. The molecule has 0 spiro atoms. The molecular weight excluding hydrogens is 152 g/mol. The van der Waals surface area contributed by atoms with Gasteiger partial charge in [0.05, 0.1) is 0 Å². The molecule has 0 radical (unpaired) electrons. The molecule has 0 aromatic carbocycles. The fourth-order valence-electron chi connectivity index (χ4n) is 1.08. The van der Waals surface area contributed by atoms with Crippen molar-refractivity contribution in [2.75, 3.05) is 13.2 Å². The lowest BCUT2D eigenvalue weighted by molar-refractivity contribution is 0.143. The minimum Gasteiger partial charge on any atom is -0.382 e. The first-order valence-electron chi connectivity index (χ1n) is 4.49. The van der Waals surface area contributed by atoms with E-state index in [-0.39, 0.29) is 0 Å². The van der Waals surface area contributed by atoms with Crippen LogP contribution in [-0.4, -0.2) is 23.2 Å². The number of H-pyrrole nitrogens is 1. The number of hydrogen-bond acceptors (Lipinski definition) is 2. The average Bonchev–Trinajstić information content (AvgIpc) is 2.57. The van der Waals surface area contributed by atoms with Gasteiger partial charge in [0.25, 0.3) is 0 Å². The lowest BCUT2D eigenvalue weighted by Gasteiger charge is -1.99. The second kappa shape index (κ2) is 5.77. The Hall–Kier alpha value is -0.830. The third kappa shape index (κ3) is 3.53. The number of aromatic nitrogens is 2. The van der Waals surface area contributed by atoms with E-state index in [0.29, 0.717) is 0 Å². The van der Waals surface area contributed by atoms with Gasteiger partial charge in [0.2, 0.25) is 0 Å². The number of nitrogens with one attached hydrogen (secondary N) is 1. The van der Waals surface area contributed by atoms with E-state index < -0.39 is 0 Å². The van der Waals surface area contributed by atoms with Gasteiger partial charge in [0, 0.05) is 32.0 Å². The van der Waals surface area contributed by atoms with E-state index >= 15 is 0 Å². The van der Waals surface area contributed by atoms with Crippen molar-refractivity contribution in [1.82, 2.24) is 9.97 Å². The van der Waals surface area contributed by atoms with Crippen LogP contribution in [0.2, 0.25) is 0 Å². The molecule has 0 fully saturated rings. The van der Waals surface area contributed by atoms with Crippen molar-refractivity contribution in [3.05, 3.63) is 18.2 Å². The maximum Gasteiger partial charge on any atom is 0.105 e. The van der Waals surface area contributed by atoms with E-state index in [9.17, 15) is 0 Å². The summed E-state index contributed by atoms with van der Waals surface area (Å²) in [4.78, 5) is 7.21. The first kappa shape index (κ1) is 9.26. The van der Waals surface area contributed by atoms with Crippen LogP contribution in [0.25, 0.3) is 0 Å². The molecule has 0 aliphatic rings. The molecule has 12 heavy (non-hydrogen) atoms. The van der Waals surface area contributed by atoms with E-state index in [0.717, 1.165) is 38.3 Å². The molecule has 1 aromatic rings. The number of ether oxygens (including phenoxy) is 1. The number of nitrogens with zero attached hydrogens (tertiary/aromatic N) is 1. The fourth-order valence-corrected chi connectivity index (χ4v) is 1.08. The van der Waals surface area contributed by atoms with Crippen LogP contribution < -0.4 is 0 Å². The molecule has 0 saturated carbocycles. The molecule has 0 unspecified atom stereocenters. The van der Waals surface area contributed by atoms with Crippen molar-refractivity contribution in [3.8, 4) is 0 Å². The zero-order chi connectivity index (χ0) is 8.65. The predicted molar refractivity (Wildman–Crippen MR) is 48.0 cm³/mol. The van der Waals surface area contributed by atoms with Crippen LogP contribution in [0, 0.1) is 0 Å². The maximum atomic E-state index is 5.22. The van der Waals surface area contributed by atoms with E-state index in [1.807, 2.05) is 13.1 Å². The summed E-state index contributed by atoms with van der Waals surface area (Å²) < 4.78 is 5.22. The summed E-state index contributed by atoms with van der Waals surface area (Å²) >= 11 is 0. The topological polar surface area (TPSA) is 37.9 Å². The van der Waals surface area contributed by atoms with Gasteiger partial charge >= 0.3 is 0 Å². The molecule has 1 rings (SSSR count). The number of hydrogen-bond donors (Lipinski definition) is 1. The fraction of sp³-hybridized carbons (Fsp3) is 0.667. The van der Waals surface area contributed by atoms with Crippen LogP contribution in [0.3, 0.4) is 0 Å². The van der Waals surface area contributed by atoms with Crippen LogP contribution >= 0.6 is 0 Å². The SMILES string of the molecule is CCOCCCCc1ncc[nH]1. The third-order valence-corrected chi connectivity index (χ3v) is 1.71. The van der Waals surface area contributed by atoms with Gasteiger partial charge in [-0.1, -0.05) is 0 Å². The highest BCUT2D eigenvalue weighted by atomic mass is 16.5. The Bertz CT molecular complexity index is 184. The molecule has 0 amide bonds. The largest absolute Gasteiger partial charge is 0.382 e. The summed E-state index contributed by atoms with van der Waals surface area (Å²) in [6.45, 7) is 3.71. The lowest BCUT2D eigenvalue weighted by Crippen LogP contribution is -1.95. The van der Waals surface area contributed by atoms with Gasteiger partial charge in [-0.3, -0.25) is 0 Å². The van der Waals surface area contributed by atoms with Gasteiger partial charge in [0.15, 0.2) is 0 Å². The normalized spacial score (nSPS) is 10.4. The van der Waals surface area contributed by atoms with Gasteiger partial charge in [0.1, 0.15) is 5.82 Å². The average molecular weight is 168 g/mol. The zero-order valence-corrected chi connectivity index (χ0v) is 7.55. The Kier molecular flexibility index (Phi) is 4.46. The highest BCUT2D eigenvalue weighted by Gasteiger charge is 1.93. The molecule has 0 aliphatic heterocycles. The molecule has 1 N–H and O–H groups in total. The lowest BCUT2D eigenvalue weighted by atomic mass is 10.2. The first-order valence-corrected chi connectivity index (χ1v) is 4.49. The van der Waals surface area contributed by atoms with Gasteiger partial charge in [-0.25, -0.2) is 4.98 Å². The number of aromatic amines is 1. The van der Waals surface area contributed by atoms with Crippen LogP contribution in [0.5, 0.6) is 0 Å². The first-order chi connectivity index (χ1) is 5.93. The summed E-state index contributed by atoms with van der Waals surface area (Å²) in [7, 11) is 0. The van der Waals surface area contributed by atoms with Crippen LogP contribution in [0.1, 0.15) is 25.6 Å². The monoisotopic (exact) mass is 168 g/mol. The van der Waals surface area contributed by atoms with Crippen molar-refractivity contribution in [1.29, 1.82) is 0 Å². The maximum absolute atomic E-state index is 5.22. The number of imidazole rings is 1. The molecule has 1 aromatic heterocycles. The molecular formula is C9H16N2O. The Morgan fingerprint density at radius 1 is 1.50 bits per heavy atom. The van der Waals surface area contributed by atoms with Gasteiger partial charge < -0.3 is 9.72 Å². The third-order valence-electron chi connectivity index (χ3n) is 1.71. The van der Waals surface area contributed by atoms with Gasteiger partial charge in [-0.15, -0.1) is 0 Å². The number of rotatable bonds is 6. The Labute approximate surface area is 73.2 Å². The van der Waals surface area contributed by atoms with Crippen molar-refractivity contribution in [2.24, 2.45) is 0 Å². The highest BCUT2D eigenvalue weighted by molar-refractivity contribution is 4.86. The smallest absolute Gasteiger partial charge is 0.105 e. The van der Waals surface area contributed by atoms with Gasteiger partial charge in [-0.2, -0.15) is 0 Å². The van der Waals surface area contributed by atoms with Crippen molar-refractivity contribution in [3.63, 3.8) is 0 Å². The molecule has 0 bridgehead atoms. The summed E-state index contributed by atoms with van der Waals surface area (Å²) in [5.41, 5.74) is 0. The Balaban J connectivity index is 1.96. The van der Waals surface area contributed by atoms with E-state index in [1.165, 1.54) is 0 Å². The molecule has 68 valence electrons. The number of unbranched alkanes of at least 4 members (excludes halogenated alkanes) is 1. The minimum atomic E-state index is 0.820. The Morgan fingerprint density at radius 3 is 3.08 bits per heavy atom. The molecule has 1 heterocycles. The van der Waals surface area contributed by atoms with Crippen LogP contribution in [-0.2, 0) is 11.2 Å². The van der Waals surface area contributed by atoms with E-state index in [4.69, 9.17) is 4.74 Å². The molecule has 0 atom stereocenters. The van der Waals surface area contributed by atoms with Crippen molar-refractivity contribution in [2.45, 2.75) is 26.2 Å². The quantitative estimate of drug-likeness (QED) is 0.657. The second-order valence-corrected chi connectivity index (χ2v) is 2.69. The van der Waals surface area contributed by atoms with E-state index in [1.54, 1.807) is 6.20 Å². The van der Waals surface area contributed by atoms with Crippen molar-refractivity contribution < 1.29 is 4.74 Å². The highest BCUT2D eigenvalue weighted by Crippen LogP contribution is 1.98.